The predicted molar refractivity (Wildman–Crippen MR) is 120 cm³/mol. The number of hydrogen-bond acceptors (Lipinski definition) is 5. The van der Waals surface area contributed by atoms with Gasteiger partial charge in [0.2, 0.25) is 11.3 Å². The lowest BCUT2D eigenvalue weighted by molar-refractivity contribution is -0.115. The molecule has 3 N–H and O–H groups in total. The molecule has 1 aliphatic rings. The molecule has 1 aromatic heterocycles. The van der Waals surface area contributed by atoms with Gasteiger partial charge in [-0.25, -0.2) is 0 Å². The topological polar surface area (TPSA) is 91.1 Å². The van der Waals surface area contributed by atoms with Crippen molar-refractivity contribution in [2.45, 2.75) is 4.58 Å². The number of benzene rings is 2. The number of hydrogen-bond donors (Lipinski definition) is 3. The van der Waals surface area contributed by atoms with Gasteiger partial charge in [-0.15, -0.1) is 23.5 Å². The van der Waals surface area contributed by atoms with Crippen LogP contribution in [0, 0.1) is 0 Å². The summed E-state index contributed by atoms with van der Waals surface area (Å²) >= 11 is 3.80. The second-order valence-electron chi connectivity index (χ2n) is 6.51. The Morgan fingerprint density at radius 1 is 1.07 bits per heavy atom. The summed E-state index contributed by atoms with van der Waals surface area (Å²) in [4.78, 5) is 40.1. The molecule has 2 amide bonds. The number of rotatable bonds is 5. The highest BCUT2D eigenvalue weighted by atomic mass is 32.2. The minimum absolute atomic E-state index is 0.0196. The summed E-state index contributed by atoms with van der Waals surface area (Å²) < 4.78 is 0.395. The van der Waals surface area contributed by atoms with Gasteiger partial charge in [-0.05, 0) is 29.8 Å². The average molecular weight is 426 g/mol. The number of anilines is 1. The summed E-state index contributed by atoms with van der Waals surface area (Å²) in [6, 6.07) is 14.7. The Morgan fingerprint density at radius 2 is 1.86 bits per heavy atom. The summed E-state index contributed by atoms with van der Waals surface area (Å²) in [5, 5.41) is 5.75. The molecular formula is C21H19N3O3S2. The number of para-hydroxylation sites is 1. The molecule has 8 heteroatoms. The van der Waals surface area contributed by atoms with Gasteiger partial charge in [-0.1, -0.05) is 24.3 Å². The fourth-order valence-corrected chi connectivity index (χ4v) is 5.95. The van der Waals surface area contributed by atoms with Crippen LogP contribution in [0.2, 0.25) is 0 Å². The Bertz CT molecular complexity index is 1120. The van der Waals surface area contributed by atoms with Crippen molar-refractivity contribution in [3.63, 3.8) is 0 Å². The van der Waals surface area contributed by atoms with Gasteiger partial charge in [0.15, 0.2) is 0 Å². The van der Waals surface area contributed by atoms with Crippen molar-refractivity contribution < 1.29 is 9.59 Å². The Balaban J connectivity index is 1.38. The Morgan fingerprint density at radius 3 is 2.69 bits per heavy atom. The number of thioether (sulfide) groups is 2. The largest absolute Gasteiger partial charge is 0.360 e. The van der Waals surface area contributed by atoms with E-state index in [9.17, 15) is 14.4 Å². The fourth-order valence-electron chi connectivity index (χ4n) is 3.11. The molecule has 1 saturated heterocycles. The van der Waals surface area contributed by atoms with Gasteiger partial charge >= 0.3 is 0 Å². The maximum atomic E-state index is 12.5. The van der Waals surface area contributed by atoms with Gasteiger partial charge in [0.1, 0.15) is 5.56 Å². The van der Waals surface area contributed by atoms with E-state index in [0.29, 0.717) is 21.2 Å². The number of carbonyl (C=O) groups is 2. The first-order chi connectivity index (χ1) is 14.1. The molecule has 0 aliphatic carbocycles. The Hall–Kier alpha value is -2.71. The third-order valence-electron chi connectivity index (χ3n) is 4.51. The number of amides is 2. The lowest BCUT2D eigenvalue weighted by Crippen LogP contribution is -2.35. The summed E-state index contributed by atoms with van der Waals surface area (Å²) in [6.45, 7) is -0.220. The predicted octanol–water partition coefficient (Wildman–Crippen LogP) is 3.38. The first-order valence-corrected chi connectivity index (χ1v) is 11.2. The number of carbonyl (C=O) groups excluding carboxylic acids is 2. The van der Waals surface area contributed by atoms with Crippen LogP contribution in [0.1, 0.15) is 20.5 Å². The zero-order valence-electron chi connectivity index (χ0n) is 15.4. The van der Waals surface area contributed by atoms with Crippen molar-refractivity contribution in [2.75, 3.05) is 23.4 Å². The molecular weight excluding hydrogens is 406 g/mol. The normalized spacial score (nSPS) is 14.1. The fraction of sp³-hybridized carbons (Fsp3) is 0.190. The maximum Gasteiger partial charge on any atom is 0.257 e. The smallest absolute Gasteiger partial charge is 0.257 e. The van der Waals surface area contributed by atoms with Crippen molar-refractivity contribution in [3.8, 4) is 0 Å². The van der Waals surface area contributed by atoms with Crippen LogP contribution in [0.3, 0.4) is 0 Å². The molecule has 1 aliphatic heterocycles. The maximum absolute atomic E-state index is 12.5. The van der Waals surface area contributed by atoms with Crippen LogP contribution in [-0.4, -0.2) is 34.8 Å². The molecule has 0 radical (unpaired) electrons. The standard InChI is InChI=1S/C21H19N3O3S2/c25-18(24-14-5-3-4-13(10-14)21-28-8-9-29-21)12-23-20(27)16-11-22-17-7-2-1-6-15(17)19(16)26/h1-7,10-11,21H,8-9,12H2,(H,22,26)(H,23,27)(H,24,25). The van der Waals surface area contributed by atoms with Gasteiger partial charge in [-0.2, -0.15) is 0 Å². The van der Waals surface area contributed by atoms with Crippen molar-refractivity contribution in [2.24, 2.45) is 0 Å². The zero-order chi connectivity index (χ0) is 20.2. The molecule has 148 valence electrons. The Kier molecular flexibility index (Phi) is 5.92. The lowest BCUT2D eigenvalue weighted by Gasteiger charge is -2.11. The molecule has 4 rings (SSSR count). The van der Waals surface area contributed by atoms with Crippen LogP contribution < -0.4 is 16.1 Å². The number of H-pyrrole nitrogens is 1. The first-order valence-electron chi connectivity index (χ1n) is 9.13. The van der Waals surface area contributed by atoms with Crippen LogP contribution >= 0.6 is 23.5 Å². The summed E-state index contributed by atoms with van der Waals surface area (Å²) in [5.41, 5.74) is 2.14. The molecule has 1 fully saturated rings. The van der Waals surface area contributed by atoms with Crippen LogP contribution in [0.4, 0.5) is 5.69 Å². The van der Waals surface area contributed by atoms with Gasteiger partial charge < -0.3 is 15.6 Å². The van der Waals surface area contributed by atoms with Crippen LogP contribution in [0.5, 0.6) is 0 Å². The van der Waals surface area contributed by atoms with E-state index < -0.39 is 5.91 Å². The molecule has 0 atom stereocenters. The van der Waals surface area contributed by atoms with E-state index in [0.717, 1.165) is 11.5 Å². The van der Waals surface area contributed by atoms with E-state index in [4.69, 9.17) is 0 Å². The van der Waals surface area contributed by atoms with E-state index in [1.54, 1.807) is 24.3 Å². The molecule has 0 unspecified atom stereocenters. The molecule has 0 spiro atoms. The number of aromatic amines is 1. The third-order valence-corrected chi connectivity index (χ3v) is 7.61. The van der Waals surface area contributed by atoms with Gasteiger partial charge in [-0.3, -0.25) is 14.4 Å². The summed E-state index contributed by atoms with van der Waals surface area (Å²) in [6.07, 6.45) is 1.37. The van der Waals surface area contributed by atoms with E-state index >= 15 is 0 Å². The van der Waals surface area contributed by atoms with Gasteiger partial charge in [0, 0.05) is 34.3 Å². The van der Waals surface area contributed by atoms with E-state index in [1.165, 1.54) is 11.8 Å². The zero-order valence-corrected chi connectivity index (χ0v) is 17.1. The second-order valence-corrected chi connectivity index (χ2v) is 9.23. The molecule has 0 saturated carbocycles. The lowest BCUT2D eigenvalue weighted by atomic mass is 10.1. The quantitative estimate of drug-likeness (QED) is 0.583. The highest BCUT2D eigenvalue weighted by Crippen LogP contribution is 2.45. The van der Waals surface area contributed by atoms with E-state index in [2.05, 4.69) is 21.7 Å². The molecule has 2 heterocycles. The number of pyridine rings is 1. The van der Waals surface area contributed by atoms with Crippen molar-refractivity contribution in [1.82, 2.24) is 10.3 Å². The highest BCUT2D eigenvalue weighted by molar-refractivity contribution is 8.19. The highest BCUT2D eigenvalue weighted by Gasteiger charge is 2.19. The minimum atomic E-state index is -0.584. The molecule has 3 aromatic rings. The number of nitrogens with one attached hydrogen (secondary N) is 3. The van der Waals surface area contributed by atoms with Gasteiger partial charge in [0.05, 0.1) is 11.1 Å². The van der Waals surface area contributed by atoms with Crippen molar-refractivity contribution in [1.29, 1.82) is 0 Å². The van der Waals surface area contributed by atoms with E-state index in [-0.39, 0.29) is 23.4 Å². The summed E-state index contributed by atoms with van der Waals surface area (Å²) in [7, 11) is 0. The van der Waals surface area contributed by atoms with Crippen molar-refractivity contribution in [3.05, 3.63) is 76.1 Å². The van der Waals surface area contributed by atoms with Crippen LogP contribution in [0.25, 0.3) is 10.9 Å². The number of aromatic nitrogens is 1. The Labute approximate surface area is 175 Å². The second kappa shape index (κ2) is 8.75. The van der Waals surface area contributed by atoms with Crippen molar-refractivity contribution >= 4 is 51.9 Å². The minimum Gasteiger partial charge on any atom is -0.360 e. The van der Waals surface area contributed by atoms with Crippen LogP contribution in [-0.2, 0) is 4.79 Å². The first kappa shape index (κ1) is 19.6. The average Bonchev–Trinajstić information content (AvgIpc) is 3.28. The monoisotopic (exact) mass is 425 g/mol. The molecule has 0 bridgehead atoms. The van der Waals surface area contributed by atoms with Crippen LogP contribution in [0.15, 0.2) is 59.5 Å². The van der Waals surface area contributed by atoms with E-state index in [1.807, 2.05) is 41.7 Å². The molecule has 29 heavy (non-hydrogen) atoms. The van der Waals surface area contributed by atoms with Gasteiger partial charge in [0.25, 0.3) is 5.91 Å². The SMILES string of the molecule is O=C(CNC(=O)c1c[nH]c2ccccc2c1=O)Nc1cccc(C2SCCS2)c1. The summed E-state index contributed by atoms with van der Waals surface area (Å²) in [5.74, 6) is 1.33. The molecule has 2 aromatic carbocycles. The number of fused-ring (bicyclic) bond motifs is 1. The third kappa shape index (κ3) is 4.49. The molecule has 6 nitrogen and oxygen atoms in total.